The number of allylic oxidation sites excluding steroid dienone is 1. The molecule has 0 spiro atoms. The fourth-order valence-corrected chi connectivity index (χ4v) is 2.43. The topological polar surface area (TPSA) is 69.9 Å². The molecule has 0 aromatic carbocycles. The summed E-state index contributed by atoms with van der Waals surface area (Å²) in [5.41, 5.74) is 1.22. The van der Waals surface area contributed by atoms with E-state index in [9.17, 15) is 0 Å². The van der Waals surface area contributed by atoms with Crippen LogP contribution in [0.4, 0.5) is 0 Å². The maximum atomic E-state index is 9.07. The number of aliphatic hydroxyl groups is 3. The van der Waals surface area contributed by atoms with Crippen molar-refractivity contribution in [3.05, 3.63) is 11.6 Å². The van der Waals surface area contributed by atoms with Crippen LogP contribution in [0.1, 0.15) is 12.8 Å². The molecular formula is C9H14O4. The van der Waals surface area contributed by atoms with Crippen LogP contribution in [0, 0.1) is 11.8 Å². The molecule has 3 atom stereocenters. The fraction of sp³-hybridized carbons (Fsp3) is 0.778. The Labute approximate surface area is 76.5 Å². The highest BCUT2D eigenvalue weighted by atomic mass is 16.6. The first kappa shape index (κ1) is 9.15. The van der Waals surface area contributed by atoms with Crippen LogP contribution in [0.25, 0.3) is 0 Å². The highest BCUT2D eigenvalue weighted by Gasteiger charge is 2.43. The monoisotopic (exact) mass is 186 g/mol. The molecule has 3 N–H and O–H groups in total. The Hall–Kier alpha value is -0.420. The van der Waals surface area contributed by atoms with E-state index < -0.39 is 6.29 Å². The third-order valence-corrected chi connectivity index (χ3v) is 3.02. The van der Waals surface area contributed by atoms with Gasteiger partial charge in [-0.15, -0.1) is 0 Å². The van der Waals surface area contributed by atoms with Crippen molar-refractivity contribution in [2.24, 2.45) is 11.8 Å². The number of ether oxygens (including phenoxy) is 1. The first-order valence-electron chi connectivity index (χ1n) is 4.50. The Kier molecular flexibility index (Phi) is 2.38. The van der Waals surface area contributed by atoms with Crippen LogP contribution in [0.3, 0.4) is 0 Å². The van der Waals surface area contributed by atoms with Gasteiger partial charge in [-0.2, -0.15) is 0 Å². The van der Waals surface area contributed by atoms with Crippen molar-refractivity contribution in [1.82, 2.24) is 0 Å². The van der Waals surface area contributed by atoms with Crippen LogP contribution in [0.5, 0.6) is 0 Å². The minimum atomic E-state index is -1.26. The number of hydrogen-bond acceptors (Lipinski definition) is 4. The van der Waals surface area contributed by atoms with Gasteiger partial charge in [-0.25, -0.2) is 0 Å². The average Bonchev–Trinajstić information content (AvgIpc) is 2.62. The largest absolute Gasteiger partial charge is 0.371 e. The van der Waals surface area contributed by atoms with Gasteiger partial charge in [0.25, 0.3) is 0 Å². The molecule has 0 radical (unpaired) electrons. The predicted molar refractivity (Wildman–Crippen MR) is 44.5 cm³/mol. The van der Waals surface area contributed by atoms with Crippen molar-refractivity contribution >= 4 is 0 Å². The molecule has 74 valence electrons. The summed E-state index contributed by atoms with van der Waals surface area (Å²) in [6.07, 6.45) is 2.24. The molecular weight excluding hydrogens is 172 g/mol. The van der Waals surface area contributed by atoms with Gasteiger partial charge >= 0.3 is 0 Å². The highest BCUT2D eigenvalue weighted by Crippen LogP contribution is 2.46. The lowest BCUT2D eigenvalue weighted by atomic mass is 9.89. The summed E-state index contributed by atoms with van der Waals surface area (Å²) in [7, 11) is 0. The van der Waals surface area contributed by atoms with Crippen molar-refractivity contribution < 1.29 is 20.1 Å². The molecule has 4 nitrogen and oxygen atoms in total. The van der Waals surface area contributed by atoms with Crippen LogP contribution in [-0.2, 0) is 4.74 Å². The molecule has 0 saturated heterocycles. The van der Waals surface area contributed by atoms with Gasteiger partial charge in [-0.05, 0) is 12.8 Å². The van der Waals surface area contributed by atoms with Crippen LogP contribution < -0.4 is 0 Å². The van der Waals surface area contributed by atoms with Gasteiger partial charge in [0.05, 0.1) is 6.10 Å². The van der Waals surface area contributed by atoms with Gasteiger partial charge in [0.15, 0.2) is 6.29 Å². The zero-order chi connectivity index (χ0) is 9.42. The lowest BCUT2D eigenvalue weighted by molar-refractivity contribution is -0.122. The van der Waals surface area contributed by atoms with Crippen molar-refractivity contribution in [1.29, 1.82) is 0 Å². The normalized spacial score (nSPS) is 37.2. The number of aliphatic hydroxyl groups excluding tert-OH is 2. The van der Waals surface area contributed by atoms with E-state index in [1.807, 2.05) is 6.08 Å². The van der Waals surface area contributed by atoms with E-state index >= 15 is 0 Å². The zero-order valence-corrected chi connectivity index (χ0v) is 7.26. The number of hydrogen-bond donors (Lipinski definition) is 3. The van der Waals surface area contributed by atoms with E-state index in [1.54, 1.807) is 0 Å². The number of rotatable bonds is 3. The van der Waals surface area contributed by atoms with Gasteiger partial charge in [-0.1, -0.05) is 11.6 Å². The summed E-state index contributed by atoms with van der Waals surface area (Å²) in [6, 6.07) is 0. The predicted octanol–water partition coefficient (Wildman–Crippen LogP) is -0.402. The molecule has 13 heavy (non-hydrogen) atoms. The first-order valence-corrected chi connectivity index (χ1v) is 4.50. The molecule has 0 aromatic rings. The molecule has 0 heterocycles. The summed E-state index contributed by atoms with van der Waals surface area (Å²) < 4.78 is 5.07. The molecule has 2 rings (SSSR count). The van der Waals surface area contributed by atoms with Gasteiger partial charge < -0.3 is 20.1 Å². The van der Waals surface area contributed by atoms with Gasteiger partial charge in [0.2, 0.25) is 0 Å². The molecule has 3 unspecified atom stereocenters. The van der Waals surface area contributed by atoms with Crippen molar-refractivity contribution in [3.63, 3.8) is 0 Å². The van der Waals surface area contributed by atoms with E-state index in [4.69, 9.17) is 20.1 Å². The quantitative estimate of drug-likeness (QED) is 0.414. The van der Waals surface area contributed by atoms with Gasteiger partial charge in [0.1, 0.15) is 6.79 Å². The summed E-state index contributed by atoms with van der Waals surface area (Å²) >= 11 is 0. The number of fused-ring (bicyclic) bond motifs is 2. The standard InChI is InChI=1S/C9H14O4/c10-4-13-8-3-5-1-6(8)7(2-5)9(11)12/h3,6-12H,1-2,4H2. The highest BCUT2D eigenvalue weighted by molar-refractivity contribution is 5.23. The second-order valence-corrected chi connectivity index (χ2v) is 3.73. The molecule has 2 aliphatic carbocycles. The smallest absolute Gasteiger partial charge is 0.154 e. The minimum absolute atomic E-state index is 0.114. The lowest BCUT2D eigenvalue weighted by Gasteiger charge is -2.26. The Balaban J connectivity index is 2.05. The van der Waals surface area contributed by atoms with Crippen molar-refractivity contribution in [2.75, 3.05) is 6.79 Å². The van der Waals surface area contributed by atoms with Gasteiger partial charge in [0, 0.05) is 11.8 Å². The second kappa shape index (κ2) is 3.38. The third-order valence-electron chi connectivity index (χ3n) is 3.02. The molecule has 1 fully saturated rings. The fourth-order valence-electron chi connectivity index (χ4n) is 2.43. The summed E-state index contributed by atoms with van der Waals surface area (Å²) in [5.74, 6) is 0.0266. The van der Waals surface area contributed by atoms with Gasteiger partial charge in [-0.3, -0.25) is 0 Å². The third kappa shape index (κ3) is 1.50. The van der Waals surface area contributed by atoms with E-state index in [1.165, 1.54) is 5.57 Å². The lowest BCUT2D eigenvalue weighted by Crippen LogP contribution is -2.32. The molecule has 1 saturated carbocycles. The Morgan fingerprint density at radius 1 is 1.46 bits per heavy atom. The molecule has 0 amide bonds. The summed E-state index contributed by atoms with van der Waals surface area (Å²) in [4.78, 5) is 0. The second-order valence-electron chi connectivity index (χ2n) is 3.73. The Morgan fingerprint density at radius 2 is 2.23 bits per heavy atom. The summed E-state index contributed by atoms with van der Waals surface area (Å²) in [6.45, 7) is -0.306. The van der Waals surface area contributed by atoms with E-state index in [0.29, 0.717) is 0 Å². The van der Waals surface area contributed by atoms with Crippen LogP contribution in [0.15, 0.2) is 11.6 Å². The summed E-state index contributed by atoms with van der Waals surface area (Å²) in [5, 5.41) is 26.7. The molecule has 2 aliphatic rings. The molecule has 2 bridgehead atoms. The van der Waals surface area contributed by atoms with Crippen LogP contribution in [-0.4, -0.2) is 34.5 Å². The van der Waals surface area contributed by atoms with E-state index in [0.717, 1.165) is 12.8 Å². The zero-order valence-electron chi connectivity index (χ0n) is 7.26. The Morgan fingerprint density at radius 3 is 2.77 bits per heavy atom. The van der Waals surface area contributed by atoms with E-state index in [2.05, 4.69) is 0 Å². The molecule has 0 aliphatic heterocycles. The maximum Gasteiger partial charge on any atom is 0.154 e. The van der Waals surface area contributed by atoms with Crippen LogP contribution in [0.2, 0.25) is 0 Å². The average molecular weight is 186 g/mol. The van der Waals surface area contributed by atoms with E-state index in [-0.39, 0.29) is 24.7 Å². The van der Waals surface area contributed by atoms with Crippen molar-refractivity contribution in [3.8, 4) is 0 Å². The molecule has 4 heteroatoms. The first-order chi connectivity index (χ1) is 6.22. The van der Waals surface area contributed by atoms with Crippen LogP contribution >= 0.6 is 0 Å². The Bertz CT molecular complexity index is 224. The minimum Gasteiger partial charge on any atom is -0.371 e. The SMILES string of the molecule is OCOC1C=C2CC(C(O)O)C1C2. The van der Waals surface area contributed by atoms with Crippen molar-refractivity contribution in [2.45, 2.75) is 25.2 Å². The molecule has 0 aromatic heterocycles. The maximum absolute atomic E-state index is 9.07.